The number of benzene rings is 2. The highest BCUT2D eigenvalue weighted by Crippen LogP contribution is 2.37. The molecule has 1 N–H and O–H groups in total. The van der Waals surface area contributed by atoms with Gasteiger partial charge in [0, 0.05) is 24.6 Å². The summed E-state index contributed by atoms with van der Waals surface area (Å²) in [6, 6.07) is 12.4. The summed E-state index contributed by atoms with van der Waals surface area (Å²) in [5.74, 6) is 0.393. The van der Waals surface area contributed by atoms with E-state index in [1.54, 1.807) is 31.4 Å². The van der Waals surface area contributed by atoms with E-state index in [1.807, 2.05) is 25.1 Å². The Kier molecular flexibility index (Phi) is 4.62. The summed E-state index contributed by atoms with van der Waals surface area (Å²) in [6.07, 6.45) is 0. The van der Waals surface area contributed by atoms with Crippen molar-refractivity contribution < 1.29 is 18.3 Å². The number of nitrogens with zero attached hydrogens (tertiary/aromatic N) is 1. The van der Waals surface area contributed by atoms with Gasteiger partial charge in [0.15, 0.2) is 0 Å². The van der Waals surface area contributed by atoms with Crippen molar-refractivity contribution in [3.8, 4) is 5.75 Å². The van der Waals surface area contributed by atoms with Crippen LogP contribution in [0.5, 0.6) is 5.75 Å². The number of methoxy groups -OCH3 is 1. The number of ether oxygens (including phenoxy) is 1. The SMILES string of the molecule is COc1cccc2c1[C@H](CO)CN(S(=O)(=O)c1ccc(C)cc1)C2. The third kappa shape index (κ3) is 2.92. The Labute approximate surface area is 142 Å². The zero-order valence-electron chi connectivity index (χ0n) is 13.8. The Balaban J connectivity index is 2.01. The lowest BCUT2D eigenvalue weighted by Crippen LogP contribution is -2.39. The smallest absolute Gasteiger partial charge is 0.243 e. The van der Waals surface area contributed by atoms with Crippen LogP contribution < -0.4 is 4.74 Å². The van der Waals surface area contributed by atoms with Gasteiger partial charge < -0.3 is 9.84 Å². The summed E-state index contributed by atoms with van der Waals surface area (Å²) >= 11 is 0. The molecule has 24 heavy (non-hydrogen) atoms. The minimum Gasteiger partial charge on any atom is -0.496 e. The van der Waals surface area contributed by atoms with Gasteiger partial charge in [0.05, 0.1) is 18.6 Å². The highest BCUT2D eigenvalue weighted by atomic mass is 32.2. The predicted octanol–water partition coefficient (Wildman–Crippen LogP) is 2.28. The Morgan fingerprint density at radius 3 is 2.54 bits per heavy atom. The molecule has 0 radical (unpaired) electrons. The first kappa shape index (κ1) is 17.0. The van der Waals surface area contributed by atoms with Crippen molar-refractivity contribution in [3.63, 3.8) is 0 Å². The predicted molar refractivity (Wildman–Crippen MR) is 91.6 cm³/mol. The lowest BCUT2D eigenvalue weighted by Gasteiger charge is -2.34. The fourth-order valence-electron chi connectivity index (χ4n) is 3.15. The van der Waals surface area contributed by atoms with Gasteiger partial charge in [-0.25, -0.2) is 8.42 Å². The lowest BCUT2D eigenvalue weighted by molar-refractivity contribution is 0.226. The molecule has 1 aliphatic rings. The fraction of sp³-hybridized carbons (Fsp3) is 0.333. The summed E-state index contributed by atoms with van der Waals surface area (Å²) < 4.78 is 32.7. The Morgan fingerprint density at radius 1 is 1.21 bits per heavy atom. The largest absolute Gasteiger partial charge is 0.496 e. The van der Waals surface area contributed by atoms with E-state index in [1.165, 1.54) is 4.31 Å². The number of aliphatic hydroxyl groups excluding tert-OH is 1. The molecule has 2 aromatic carbocycles. The van der Waals surface area contributed by atoms with E-state index in [-0.39, 0.29) is 30.5 Å². The van der Waals surface area contributed by atoms with Crippen LogP contribution in [0.4, 0.5) is 0 Å². The molecule has 0 aromatic heterocycles. The molecule has 6 heteroatoms. The normalized spacial score (nSPS) is 18.2. The molecule has 2 aromatic rings. The summed E-state index contributed by atoms with van der Waals surface area (Å²) in [5.41, 5.74) is 2.78. The molecule has 5 nitrogen and oxygen atoms in total. The number of aliphatic hydroxyl groups is 1. The molecule has 0 saturated heterocycles. The van der Waals surface area contributed by atoms with Crippen LogP contribution in [-0.4, -0.2) is 38.1 Å². The summed E-state index contributed by atoms with van der Waals surface area (Å²) in [7, 11) is -2.02. The van der Waals surface area contributed by atoms with Crippen molar-refractivity contribution in [3.05, 3.63) is 59.2 Å². The van der Waals surface area contributed by atoms with Crippen molar-refractivity contribution in [2.45, 2.75) is 24.3 Å². The van der Waals surface area contributed by atoms with E-state index in [4.69, 9.17) is 4.74 Å². The summed E-state index contributed by atoms with van der Waals surface area (Å²) in [4.78, 5) is 0.274. The van der Waals surface area contributed by atoms with Crippen LogP contribution in [0.3, 0.4) is 0 Å². The Bertz CT molecular complexity index is 831. The van der Waals surface area contributed by atoms with Gasteiger partial charge in [-0.3, -0.25) is 0 Å². The number of hydrogen-bond donors (Lipinski definition) is 1. The number of rotatable bonds is 4. The highest BCUT2D eigenvalue weighted by Gasteiger charge is 2.34. The monoisotopic (exact) mass is 347 g/mol. The molecule has 0 bridgehead atoms. The van der Waals surface area contributed by atoms with Crippen molar-refractivity contribution in [1.82, 2.24) is 4.31 Å². The van der Waals surface area contributed by atoms with E-state index >= 15 is 0 Å². The molecule has 3 rings (SSSR count). The van der Waals surface area contributed by atoms with Crippen LogP contribution in [-0.2, 0) is 16.6 Å². The zero-order valence-corrected chi connectivity index (χ0v) is 14.6. The molecule has 1 aliphatic heterocycles. The van der Waals surface area contributed by atoms with Crippen LogP contribution >= 0.6 is 0 Å². The van der Waals surface area contributed by atoms with Crippen molar-refractivity contribution >= 4 is 10.0 Å². The molecule has 0 unspecified atom stereocenters. The van der Waals surface area contributed by atoms with Gasteiger partial charge in [-0.2, -0.15) is 4.31 Å². The van der Waals surface area contributed by atoms with Gasteiger partial charge in [0.2, 0.25) is 10.0 Å². The maximum Gasteiger partial charge on any atom is 0.243 e. The third-order valence-electron chi connectivity index (χ3n) is 4.43. The topological polar surface area (TPSA) is 66.8 Å². The van der Waals surface area contributed by atoms with E-state index in [0.717, 1.165) is 16.7 Å². The van der Waals surface area contributed by atoms with Crippen LogP contribution in [0.1, 0.15) is 22.6 Å². The highest BCUT2D eigenvalue weighted by molar-refractivity contribution is 7.89. The first-order valence-corrected chi connectivity index (χ1v) is 9.25. The van der Waals surface area contributed by atoms with Gasteiger partial charge in [0.25, 0.3) is 0 Å². The molecule has 0 spiro atoms. The van der Waals surface area contributed by atoms with Gasteiger partial charge in [-0.1, -0.05) is 29.8 Å². The first-order valence-electron chi connectivity index (χ1n) is 7.81. The number of aryl methyl sites for hydroxylation is 1. The maximum absolute atomic E-state index is 12.9. The first-order chi connectivity index (χ1) is 11.5. The molecule has 128 valence electrons. The standard InChI is InChI=1S/C18H21NO4S/c1-13-6-8-16(9-7-13)24(21,22)19-10-14-4-3-5-17(23-2)18(14)15(11-19)12-20/h3-9,15,20H,10-12H2,1-2H3/t15-/m0/s1. The van der Waals surface area contributed by atoms with Gasteiger partial charge in [-0.15, -0.1) is 0 Å². The molecule has 0 amide bonds. The van der Waals surface area contributed by atoms with Gasteiger partial charge >= 0.3 is 0 Å². The zero-order chi connectivity index (χ0) is 17.3. The van der Waals surface area contributed by atoms with Crippen LogP contribution in [0, 0.1) is 6.92 Å². The van der Waals surface area contributed by atoms with Crippen molar-refractivity contribution in [2.75, 3.05) is 20.3 Å². The van der Waals surface area contributed by atoms with Crippen LogP contribution in [0.25, 0.3) is 0 Å². The Hall–Kier alpha value is -1.89. The molecule has 0 aliphatic carbocycles. The summed E-state index contributed by atoms with van der Waals surface area (Å²) in [5, 5.41) is 9.77. The van der Waals surface area contributed by atoms with E-state index in [2.05, 4.69) is 0 Å². The quantitative estimate of drug-likeness (QED) is 0.921. The molecule has 1 atom stereocenters. The van der Waals surface area contributed by atoms with Crippen molar-refractivity contribution in [2.24, 2.45) is 0 Å². The second-order valence-corrected chi connectivity index (χ2v) is 7.96. The number of hydrogen-bond acceptors (Lipinski definition) is 4. The minimum atomic E-state index is -3.60. The maximum atomic E-state index is 12.9. The second kappa shape index (κ2) is 6.55. The van der Waals surface area contributed by atoms with Crippen molar-refractivity contribution in [1.29, 1.82) is 0 Å². The van der Waals surface area contributed by atoms with Crippen LogP contribution in [0.2, 0.25) is 0 Å². The minimum absolute atomic E-state index is 0.132. The van der Waals surface area contributed by atoms with Gasteiger partial charge in [0.1, 0.15) is 5.75 Å². The Morgan fingerprint density at radius 2 is 1.92 bits per heavy atom. The fourth-order valence-corrected chi connectivity index (χ4v) is 4.62. The number of sulfonamides is 1. The molecule has 0 fully saturated rings. The average Bonchev–Trinajstić information content (AvgIpc) is 2.60. The van der Waals surface area contributed by atoms with E-state index < -0.39 is 10.0 Å². The van der Waals surface area contributed by atoms with E-state index in [9.17, 15) is 13.5 Å². The van der Waals surface area contributed by atoms with Gasteiger partial charge in [-0.05, 0) is 30.7 Å². The average molecular weight is 347 g/mol. The molecular weight excluding hydrogens is 326 g/mol. The number of fused-ring (bicyclic) bond motifs is 1. The third-order valence-corrected chi connectivity index (χ3v) is 6.26. The lowest BCUT2D eigenvalue weighted by atomic mass is 9.90. The summed E-state index contributed by atoms with van der Waals surface area (Å²) in [6.45, 7) is 2.30. The van der Waals surface area contributed by atoms with E-state index in [0.29, 0.717) is 5.75 Å². The second-order valence-electron chi connectivity index (χ2n) is 6.02. The molecule has 1 heterocycles. The molecule has 0 saturated carbocycles. The molecular formula is C18H21NO4S. The van der Waals surface area contributed by atoms with Crippen LogP contribution in [0.15, 0.2) is 47.4 Å².